The molecule has 0 saturated heterocycles. The molecule has 0 aromatic carbocycles. The Morgan fingerprint density at radius 1 is 1.65 bits per heavy atom. The Bertz CT molecular complexity index is 446. The third-order valence-electron chi connectivity index (χ3n) is 3.48. The Kier molecular flexibility index (Phi) is 3.67. The summed E-state index contributed by atoms with van der Waals surface area (Å²) in [5.41, 5.74) is -0.698. The summed E-state index contributed by atoms with van der Waals surface area (Å²) >= 11 is 6.55. The van der Waals surface area contributed by atoms with Crippen LogP contribution < -0.4 is 0 Å². The molecule has 3 nitrogen and oxygen atoms in total. The van der Waals surface area contributed by atoms with E-state index >= 15 is 0 Å². The Morgan fingerprint density at radius 2 is 2.35 bits per heavy atom. The Hall–Kier alpha value is -0.310. The first-order valence-corrected chi connectivity index (χ1v) is 7.11. The van der Waals surface area contributed by atoms with E-state index in [2.05, 4.69) is 44.9 Å². The molecule has 0 spiro atoms. The molecule has 0 radical (unpaired) electrons. The number of nitriles is 1. The van der Waals surface area contributed by atoms with Crippen molar-refractivity contribution in [1.82, 2.24) is 0 Å². The monoisotopic (exact) mass is 361 g/mol. The minimum absolute atomic E-state index is 0.444. The van der Waals surface area contributed by atoms with E-state index in [4.69, 9.17) is 4.42 Å². The zero-order valence-electron chi connectivity index (χ0n) is 9.41. The maximum Gasteiger partial charge on any atom is 0.183 e. The van der Waals surface area contributed by atoms with Gasteiger partial charge in [-0.1, -0.05) is 6.92 Å². The molecule has 1 aromatic rings. The van der Waals surface area contributed by atoms with Crippen LogP contribution in [0.2, 0.25) is 0 Å². The van der Waals surface area contributed by atoms with Gasteiger partial charge in [0.1, 0.15) is 11.9 Å². The predicted octanol–water partition coefficient (Wildman–Crippen LogP) is 4.17. The highest BCUT2D eigenvalue weighted by Gasteiger charge is 2.46. The number of rotatable bonds is 2. The summed E-state index contributed by atoms with van der Waals surface area (Å²) in [5, 5.41) is 19.7. The molecule has 1 saturated carbocycles. The van der Waals surface area contributed by atoms with Gasteiger partial charge in [-0.15, -0.1) is 0 Å². The van der Waals surface area contributed by atoms with Crippen molar-refractivity contribution in [2.45, 2.75) is 32.3 Å². The van der Waals surface area contributed by atoms with Crippen molar-refractivity contribution in [3.05, 3.63) is 21.0 Å². The van der Waals surface area contributed by atoms with Crippen molar-refractivity contribution in [2.24, 2.45) is 11.3 Å². The number of hydrogen-bond donors (Lipinski definition) is 1. The van der Waals surface area contributed by atoms with Crippen LogP contribution >= 0.6 is 31.9 Å². The highest BCUT2D eigenvalue weighted by Crippen LogP contribution is 2.50. The van der Waals surface area contributed by atoms with Gasteiger partial charge < -0.3 is 9.52 Å². The lowest BCUT2D eigenvalue weighted by molar-refractivity contribution is 0.0448. The van der Waals surface area contributed by atoms with Crippen LogP contribution in [0.4, 0.5) is 0 Å². The van der Waals surface area contributed by atoms with Crippen LogP contribution in [0.15, 0.2) is 19.6 Å². The molecule has 3 unspecified atom stereocenters. The van der Waals surface area contributed by atoms with Crippen LogP contribution in [-0.4, -0.2) is 5.11 Å². The minimum Gasteiger partial charge on any atom is -0.450 e. The van der Waals surface area contributed by atoms with Gasteiger partial charge in [-0.2, -0.15) is 5.26 Å². The predicted molar refractivity (Wildman–Crippen MR) is 70.1 cm³/mol. The lowest BCUT2D eigenvalue weighted by Crippen LogP contribution is -2.24. The molecule has 1 N–H and O–H groups in total. The molecular weight excluding hydrogens is 350 g/mol. The first-order valence-electron chi connectivity index (χ1n) is 5.52. The molecule has 1 aromatic heterocycles. The second-order valence-corrected chi connectivity index (χ2v) is 6.36. The molecule has 1 fully saturated rings. The zero-order valence-corrected chi connectivity index (χ0v) is 12.6. The maximum atomic E-state index is 10.4. The van der Waals surface area contributed by atoms with E-state index in [1.54, 1.807) is 6.07 Å². The van der Waals surface area contributed by atoms with Crippen molar-refractivity contribution in [1.29, 1.82) is 5.26 Å². The summed E-state index contributed by atoms with van der Waals surface area (Å²) in [7, 11) is 0. The summed E-state index contributed by atoms with van der Waals surface area (Å²) < 4.78 is 6.72. The van der Waals surface area contributed by atoms with Gasteiger partial charge >= 0.3 is 0 Å². The number of furan rings is 1. The average Bonchev–Trinajstić information content (AvgIpc) is 2.84. The molecule has 1 heterocycles. The molecule has 2 rings (SSSR count). The van der Waals surface area contributed by atoms with Crippen LogP contribution in [0.25, 0.3) is 0 Å². The van der Waals surface area contributed by atoms with E-state index in [9.17, 15) is 10.4 Å². The number of nitrogens with zero attached hydrogens (tertiary/aromatic N) is 1. The van der Waals surface area contributed by atoms with Gasteiger partial charge in [-0.25, -0.2) is 0 Å². The van der Waals surface area contributed by atoms with Gasteiger partial charge in [-0.3, -0.25) is 0 Å². The van der Waals surface area contributed by atoms with E-state index in [1.165, 1.54) is 0 Å². The van der Waals surface area contributed by atoms with Crippen LogP contribution in [0.1, 0.15) is 38.1 Å². The number of aliphatic hydroxyl groups excluding tert-OH is 1. The lowest BCUT2D eigenvalue weighted by atomic mass is 9.80. The van der Waals surface area contributed by atoms with Crippen LogP contribution in [0.5, 0.6) is 0 Å². The fourth-order valence-electron chi connectivity index (χ4n) is 2.51. The highest BCUT2D eigenvalue weighted by molar-refractivity contribution is 9.13. The second-order valence-electron chi connectivity index (χ2n) is 4.79. The van der Waals surface area contributed by atoms with Gasteiger partial charge in [0.15, 0.2) is 4.67 Å². The van der Waals surface area contributed by atoms with Crippen LogP contribution in [-0.2, 0) is 0 Å². The number of aliphatic hydroxyl groups is 1. The average molecular weight is 363 g/mol. The van der Waals surface area contributed by atoms with Gasteiger partial charge in [-0.05, 0) is 63.1 Å². The SMILES string of the molecule is CC1CCC(C#N)(C(O)c2cc(Br)c(Br)o2)C1. The maximum absolute atomic E-state index is 10.4. The summed E-state index contributed by atoms with van der Waals surface area (Å²) in [6, 6.07) is 4.01. The van der Waals surface area contributed by atoms with Gasteiger partial charge in [0.25, 0.3) is 0 Å². The number of halogens is 2. The quantitative estimate of drug-likeness (QED) is 0.858. The Labute approximate surface area is 117 Å². The summed E-state index contributed by atoms with van der Waals surface area (Å²) in [6.07, 6.45) is 1.57. The summed E-state index contributed by atoms with van der Waals surface area (Å²) in [4.78, 5) is 0. The molecule has 1 aliphatic rings. The van der Waals surface area contributed by atoms with E-state index in [0.717, 1.165) is 23.7 Å². The van der Waals surface area contributed by atoms with Crippen molar-refractivity contribution in [3.63, 3.8) is 0 Å². The normalized spacial score (nSPS) is 30.2. The molecule has 3 atom stereocenters. The van der Waals surface area contributed by atoms with Crippen LogP contribution in [0, 0.1) is 22.7 Å². The topological polar surface area (TPSA) is 57.2 Å². The van der Waals surface area contributed by atoms with Gasteiger partial charge in [0.05, 0.1) is 16.0 Å². The standard InChI is InChI=1S/C12H13Br2NO2/c1-7-2-3-12(5-7,6-15)10(16)9-4-8(13)11(14)17-9/h4,7,10,16H,2-3,5H2,1H3. The van der Waals surface area contributed by atoms with E-state index < -0.39 is 11.5 Å². The van der Waals surface area contributed by atoms with Crippen molar-refractivity contribution >= 4 is 31.9 Å². The third-order valence-corrected chi connectivity index (χ3v) is 5.19. The lowest BCUT2D eigenvalue weighted by Gasteiger charge is -2.25. The van der Waals surface area contributed by atoms with Gasteiger partial charge in [0, 0.05) is 0 Å². The first kappa shape index (κ1) is 13.1. The Balaban J connectivity index is 2.30. The molecule has 5 heteroatoms. The summed E-state index contributed by atoms with van der Waals surface area (Å²) in [5.74, 6) is 0.922. The third kappa shape index (κ3) is 2.31. The largest absolute Gasteiger partial charge is 0.450 e. The highest BCUT2D eigenvalue weighted by atomic mass is 79.9. The fourth-order valence-corrected chi connectivity index (χ4v) is 3.12. The molecule has 0 amide bonds. The van der Waals surface area contributed by atoms with Crippen molar-refractivity contribution in [3.8, 4) is 6.07 Å². The Morgan fingerprint density at radius 3 is 2.76 bits per heavy atom. The fraction of sp³-hybridized carbons (Fsp3) is 0.583. The van der Waals surface area contributed by atoms with E-state index in [0.29, 0.717) is 16.3 Å². The molecule has 92 valence electrons. The van der Waals surface area contributed by atoms with Crippen molar-refractivity contribution < 1.29 is 9.52 Å². The zero-order chi connectivity index (χ0) is 12.6. The second kappa shape index (κ2) is 4.75. The van der Waals surface area contributed by atoms with Crippen LogP contribution in [0.3, 0.4) is 0 Å². The molecule has 0 aliphatic heterocycles. The first-order chi connectivity index (χ1) is 7.98. The van der Waals surface area contributed by atoms with E-state index in [-0.39, 0.29) is 0 Å². The molecule has 1 aliphatic carbocycles. The van der Waals surface area contributed by atoms with Crippen molar-refractivity contribution in [2.75, 3.05) is 0 Å². The van der Waals surface area contributed by atoms with Gasteiger partial charge in [0.2, 0.25) is 0 Å². The molecule has 0 bridgehead atoms. The summed E-state index contributed by atoms with van der Waals surface area (Å²) in [6.45, 7) is 2.11. The minimum atomic E-state index is -0.861. The van der Waals surface area contributed by atoms with E-state index in [1.807, 2.05) is 0 Å². The molecular formula is C12H13Br2NO2. The smallest absolute Gasteiger partial charge is 0.183 e. The number of hydrogen-bond acceptors (Lipinski definition) is 3. The molecule has 17 heavy (non-hydrogen) atoms.